The molecule has 2 saturated heterocycles. The molecule has 1 aromatic carbocycles. The van der Waals surface area contributed by atoms with Crippen LogP contribution < -0.4 is 5.32 Å². The van der Waals surface area contributed by atoms with E-state index in [1.54, 1.807) is 0 Å². The van der Waals surface area contributed by atoms with E-state index in [2.05, 4.69) is 35.9 Å². The van der Waals surface area contributed by atoms with Gasteiger partial charge in [0, 0.05) is 56.9 Å². The third-order valence-corrected chi connectivity index (χ3v) is 6.53. The SMILES string of the molecule is CCNC(=NCC1CCCN(C(C)C)C1)N1CCN(C(=O)Cc2cccc(Cl)c2)CC1. The van der Waals surface area contributed by atoms with Crippen molar-refractivity contribution in [3.05, 3.63) is 34.9 Å². The number of aliphatic imine (C=N–C) groups is 1. The molecule has 2 aliphatic rings. The minimum atomic E-state index is 0.167. The molecule has 0 aliphatic carbocycles. The standard InChI is InChI=1S/C24H38ClN5O/c1-4-26-24(27-17-21-8-6-10-30(18-21)19(2)3)29-13-11-28(12-14-29)23(31)16-20-7-5-9-22(25)15-20/h5,7,9,15,19,21H,4,6,8,10-14,16-18H2,1-3H3,(H,26,27). The van der Waals surface area contributed by atoms with Gasteiger partial charge in [0.1, 0.15) is 0 Å². The van der Waals surface area contributed by atoms with E-state index in [9.17, 15) is 4.79 Å². The molecule has 0 bridgehead atoms. The van der Waals surface area contributed by atoms with Gasteiger partial charge in [0.05, 0.1) is 6.42 Å². The Labute approximate surface area is 192 Å². The van der Waals surface area contributed by atoms with Crippen LogP contribution in [0.4, 0.5) is 0 Å². The molecule has 2 aliphatic heterocycles. The Hall–Kier alpha value is -1.79. The van der Waals surface area contributed by atoms with Crippen molar-refractivity contribution in [1.82, 2.24) is 20.0 Å². The molecule has 1 atom stereocenters. The summed E-state index contributed by atoms with van der Waals surface area (Å²) in [6.07, 6.45) is 2.93. The molecule has 6 nitrogen and oxygen atoms in total. The van der Waals surface area contributed by atoms with Gasteiger partial charge in [-0.15, -0.1) is 0 Å². The molecule has 1 amide bonds. The minimum Gasteiger partial charge on any atom is -0.357 e. The number of nitrogens with one attached hydrogen (secondary N) is 1. The van der Waals surface area contributed by atoms with Crippen molar-refractivity contribution in [1.29, 1.82) is 0 Å². The number of hydrogen-bond acceptors (Lipinski definition) is 3. The van der Waals surface area contributed by atoms with Gasteiger partial charge in [0.2, 0.25) is 5.91 Å². The summed E-state index contributed by atoms with van der Waals surface area (Å²) in [4.78, 5) is 24.5. The number of guanidine groups is 1. The van der Waals surface area contributed by atoms with Crippen LogP contribution in [-0.4, -0.2) is 85.0 Å². The summed E-state index contributed by atoms with van der Waals surface area (Å²) >= 11 is 6.05. The highest BCUT2D eigenvalue weighted by atomic mass is 35.5. The van der Waals surface area contributed by atoms with Crippen LogP contribution in [0.3, 0.4) is 0 Å². The maximum atomic E-state index is 12.7. The van der Waals surface area contributed by atoms with Gasteiger partial charge in [0.25, 0.3) is 0 Å². The third-order valence-electron chi connectivity index (χ3n) is 6.29. The number of carbonyl (C=O) groups is 1. The van der Waals surface area contributed by atoms with E-state index in [0.29, 0.717) is 23.4 Å². The summed E-state index contributed by atoms with van der Waals surface area (Å²) in [6, 6.07) is 8.18. The van der Waals surface area contributed by atoms with E-state index in [1.165, 1.54) is 19.4 Å². The Morgan fingerprint density at radius 3 is 2.61 bits per heavy atom. The summed E-state index contributed by atoms with van der Waals surface area (Å²) in [5, 5.41) is 4.14. The fourth-order valence-electron chi connectivity index (χ4n) is 4.46. The molecule has 1 aromatic rings. The number of likely N-dealkylation sites (tertiary alicyclic amines) is 1. The van der Waals surface area contributed by atoms with Crippen LogP contribution in [-0.2, 0) is 11.2 Å². The van der Waals surface area contributed by atoms with Crippen molar-refractivity contribution in [2.75, 3.05) is 52.4 Å². The number of hydrogen-bond donors (Lipinski definition) is 1. The Morgan fingerprint density at radius 1 is 1.19 bits per heavy atom. The number of halogens is 1. The van der Waals surface area contributed by atoms with Gasteiger partial charge in [-0.25, -0.2) is 0 Å². The average molecular weight is 448 g/mol. The lowest BCUT2D eigenvalue weighted by Crippen LogP contribution is -2.54. The van der Waals surface area contributed by atoms with Crippen LogP contribution in [0.1, 0.15) is 39.2 Å². The first-order valence-electron chi connectivity index (χ1n) is 11.8. The van der Waals surface area contributed by atoms with Gasteiger partial charge >= 0.3 is 0 Å². The van der Waals surface area contributed by atoms with Crippen LogP contribution in [0.15, 0.2) is 29.3 Å². The zero-order chi connectivity index (χ0) is 22.2. The number of benzene rings is 1. The molecule has 3 rings (SSSR count). The van der Waals surface area contributed by atoms with Gasteiger partial charge in [-0.1, -0.05) is 23.7 Å². The zero-order valence-corrected chi connectivity index (χ0v) is 20.1. The van der Waals surface area contributed by atoms with Crippen LogP contribution in [0.5, 0.6) is 0 Å². The minimum absolute atomic E-state index is 0.167. The molecule has 2 fully saturated rings. The first kappa shape index (κ1) is 23.9. The first-order chi connectivity index (χ1) is 15.0. The van der Waals surface area contributed by atoms with Crippen LogP contribution in [0, 0.1) is 5.92 Å². The van der Waals surface area contributed by atoms with E-state index >= 15 is 0 Å². The lowest BCUT2D eigenvalue weighted by Gasteiger charge is -2.37. The first-order valence-corrected chi connectivity index (χ1v) is 12.1. The normalized spacial score (nSPS) is 20.9. The Morgan fingerprint density at radius 2 is 1.94 bits per heavy atom. The van der Waals surface area contributed by atoms with Crippen molar-refractivity contribution in [3.8, 4) is 0 Å². The number of rotatable bonds is 6. The Kier molecular flexibility index (Phi) is 9.02. The van der Waals surface area contributed by atoms with Gasteiger partial charge in [-0.3, -0.25) is 9.79 Å². The zero-order valence-electron chi connectivity index (χ0n) is 19.3. The van der Waals surface area contributed by atoms with Gasteiger partial charge in [-0.2, -0.15) is 0 Å². The summed E-state index contributed by atoms with van der Waals surface area (Å²) in [6.45, 7) is 13.9. The second-order valence-corrected chi connectivity index (χ2v) is 9.40. The number of piperidine rings is 1. The van der Waals surface area contributed by atoms with Crippen molar-refractivity contribution in [2.24, 2.45) is 10.9 Å². The second kappa shape index (κ2) is 11.7. The van der Waals surface area contributed by atoms with E-state index in [1.807, 2.05) is 29.2 Å². The Balaban J connectivity index is 1.51. The van der Waals surface area contributed by atoms with Crippen molar-refractivity contribution in [2.45, 2.75) is 46.1 Å². The quantitative estimate of drug-likeness (QED) is 0.537. The molecule has 7 heteroatoms. The molecule has 0 aromatic heterocycles. The molecule has 31 heavy (non-hydrogen) atoms. The highest BCUT2D eigenvalue weighted by molar-refractivity contribution is 6.30. The van der Waals surface area contributed by atoms with Gasteiger partial charge < -0.3 is 20.0 Å². The summed E-state index contributed by atoms with van der Waals surface area (Å²) in [5.41, 5.74) is 0.970. The van der Waals surface area contributed by atoms with E-state index < -0.39 is 0 Å². The fourth-order valence-corrected chi connectivity index (χ4v) is 4.67. The lowest BCUT2D eigenvalue weighted by molar-refractivity contribution is -0.131. The van der Waals surface area contributed by atoms with Crippen molar-refractivity contribution < 1.29 is 4.79 Å². The summed E-state index contributed by atoms with van der Waals surface area (Å²) in [7, 11) is 0. The van der Waals surface area contributed by atoms with Crippen LogP contribution in [0.25, 0.3) is 0 Å². The van der Waals surface area contributed by atoms with Crippen molar-refractivity contribution >= 4 is 23.5 Å². The maximum absolute atomic E-state index is 12.7. The molecular formula is C24H38ClN5O. The molecule has 0 spiro atoms. The molecule has 0 saturated carbocycles. The predicted octanol–water partition coefficient (Wildman–Crippen LogP) is 3.11. The Bertz CT molecular complexity index is 745. The number of amides is 1. The third kappa shape index (κ3) is 7.11. The topological polar surface area (TPSA) is 51.2 Å². The van der Waals surface area contributed by atoms with Gasteiger partial charge in [-0.05, 0) is 63.8 Å². The molecular weight excluding hydrogens is 410 g/mol. The van der Waals surface area contributed by atoms with E-state index in [0.717, 1.165) is 57.3 Å². The number of piperazine rings is 1. The molecule has 1 N–H and O–H groups in total. The molecule has 2 heterocycles. The van der Waals surface area contributed by atoms with E-state index in [-0.39, 0.29) is 5.91 Å². The monoisotopic (exact) mass is 447 g/mol. The molecule has 172 valence electrons. The predicted molar refractivity (Wildman–Crippen MR) is 129 cm³/mol. The smallest absolute Gasteiger partial charge is 0.227 e. The second-order valence-electron chi connectivity index (χ2n) is 8.97. The summed E-state index contributed by atoms with van der Waals surface area (Å²) < 4.78 is 0. The molecule has 1 unspecified atom stereocenters. The largest absolute Gasteiger partial charge is 0.357 e. The number of nitrogens with zero attached hydrogens (tertiary/aromatic N) is 4. The average Bonchev–Trinajstić information content (AvgIpc) is 2.77. The highest BCUT2D eigenvalue weighted by Crippen LogP contribution is 2.19. The van der Waals surface area contributed by atoms with Crippen molar-refractivity contribution in [3.63, 3.8) is 0 Å². The maximum Gasteiger partial charge on any atom is 0.227 e. The molecule has 0 radical (unpaired) electrons. The van der Waals surface area contributed by atoms with Crippen LogP contribution >= 0.6 is 11.6 Å². The number of carbonyl (C=O) groups excluding carboxylic acids is 1. The van der Waals surface area contributed by atoms with E-state index in [4.69, 9.17) is 16.6 Å². The fraction of sp³-hybridized carbons (Fsp3) is 0.667. The summed E-state index contributed by atoms with van der Waals surface area (Å²) in [5.74, 6) is 1.79. The van der Waals surface area contributed by atoms with Gasteiger partial charge in [0.15, 0.2) is 5.96 Å². The van der Waals surface area contributed by atoms with Crippen LogP contribution in [0.2, 0.25) is 5.02 Å². The highest BCUT2D eigenvalue weighted by Gasteiger charge is 2.25. The lowest BCUT2D eigenvalue weighted by atomic mass is 9.97.